The summed E-state index contributed by atoms with van der Waals surface area (Å²) >= 11 is 0. The van der Waals surface area contributed by atoms with Crippen LogP contribution < -0.4 is 5.32 Å². The molecular formula is C13H16N2O. The minimum atomic E-state index is -0.611. The predicted octanol–water partition coefficient (Wildman–Crippen LogP) is 1.84. The van der Waals surface area contributed by atoms with Crippen LogP contribution in [0.1, 0.15) is 25.0 Å². The molecule has 0 spiro atoms. The maximum Gasteiger partial charge on any atom is 0.252 e. The molecule has 1 aromatic rings. The average Bonchev–Trinajstić information content (AvgIpc) is 2.44. The second-order valence-electron chi connectivity index (χ2n) is 4.73. The Labute approximate surface area is 95.6 Å². The van der Waals surface area contributed by atoms with E-state index in [2.05, 4.69) is 41.5 Å². The summed E-state index contributed by atoms with van der Waals surface area (Å²) in [6.07, 6.45) is 0.690. The lowest BCUT2D eigenvalue weighted by Gasteiger charge is -2.07. The Morgan fingerprint density at radius 3 is 2.38 bits per heavy atom. The number of benzene rings is 1. The fourth-order valence-corrected chi connectivity index (χ4v) is 1.68. The first kappa shape index (κ1) is 10.9. The largest absolute Gasteiger partial charge is 0.312 e. The second-order valence-corrected chi connectivity index (χ2v) is 4.73. The van der Waals surface area contributed by atoms with Crippen LogP contribution in [-0.2, 0) is 11.2 Å². The molecule has 3 nitrogen and oxygen atoms in total. The Balaban J connectivity index is 2.12. The number of aryl methyl sites for hydroxylation is 1. The number of nitrogens with zero attached hydrogens (tertiary/aromatic N) is 1. The van der Waals surface area contributed by atoms with E-state index in [-0.39, 0.29) is 5.91 Å². The van der Waals surface area contributed by atoms with E-state index < -0.39 is 5.54 Å². The van der Waals surface area contributed by atoms with Crippen molar-refractivity contribution < 1.29 is 4.79 Å². The van der Waals surface area contributed by atoms with Gasteiger partial charge in [-0.1, -0.05) is 29.8 Å². The molecule has 1 aliphatic rings. The van der Waals surface area contributed by atoms with Crippen LogP contribution >= 0.6 is 0 Å². The second kappa shape index (κ2) is 3.74. The number of rotatable bonds is 2. The van der Waals surface area contributed by atoms with Crippen LogP contribution in [0.5, 0.6) is 0 Å². The van der Waals surface area contributed by atoms with Gasteiger partial charge in [-0.2, -0.15) is 0 Å². The molecule has 0 fully saturated rings. The number of hydrogen-bond acceptors (Lipinski definition) is 2. The van der Waals surface area contributed by atoms with Gasteiger partial charge in [0.2, 0.25) is 0 Å². The van der Waals surface area contributed by atoms with Crippen LogP contribution in [0.25, 0.3) is 0 Å². The highest BCUT2D eigenvalue weighted by Gasteiger charge is 2.33. The summed E-state index contributed by atoms with van der Waals surface area (Å²) in [6, 6.07) is 8.26. The third kappa shape index (κ3) is 2.13. The molecule has 0 atom stereocenters. The third-order valence-corrected chi connectivity index (χ3v) is 2.72. The van der Waals surface area contributed by atoms with E-state index in [1.54, 1.807) is 0 Å². The Morgan fingerprint density at radius 1 is 1.25 bits per heavy atom. The Hall–Kier alpha value is -1.64. The molecule has 2 rings (SSSR count). The number of aliphatic imine (C=N–C) groups is 1. The maximum atomic E-state index is 11.5. The summed E-state index contributed by atoms with van der Waals surface area (Å²) in [7, 11) is 0. The summed E-state index contributed by atoms with van der Waals surface area (Å²) < 4.78 is 0. The number of hydrogen-bond donors (Lipinski definition) is 1. The number of carbonyl (C=O) groups is 1. The molecule has 0 saturated carbocycles. The molecule has 16 heavy (non-hydrogen) atoms. The van der Waals surface area contributed by atoms with Crippen molar-refractivity contribution in [3.63, 3.8) is 0 Å². The smallest absolute Gasteiger partial charge is 0.252 e. The van der Waals surface area contributed by atoms with Gasteiger partial charge in [-0.05, 0) is 26.3 Å². The summed E-state index contributed by atoms with van der Waals surface area (Å²) in [6.45, 7) is 5.71. The number of carbonyl (C=O) groups excluding carboxylic acids is 1. The van der Waals surface area contributed by atoms with Gasteiger partial charge >= 0.3 is 0 Å². The van der Waals surface area contributed by atoms with Crippen molar-refractivity contribution >= 4 is 11.7 Å². The van der Waals surface area contributed by atoms with Crippen LogP contribution in [-0.4, -0.2) is 17.3 Å². The summed E-state index contributed by atoms with van der Waals surface area (Å²) in [5.41, 5.74) is 1.80. The average molecular weight is 216 g/mol. The van der Waals surface area contributed by atoms with Crippen molar-refractivity contribution in [2.45, 2.75) is 32.7 Å². The minimum absolute atomic E-state index is 0.0189. The highest BCUT2D eigenvalue weighted by Crippen LogP contribution is 2.16. The van der Waals surface area contributed by atoms with Crippen LogP contribution in [0.2, 0.25) is 0 Å². The van der Waals surface area contributed by atoms with Crippen LogP contribution in [0.4, 0.5) is 0 Å². The maximum absolute atomic E-state index is 11.5. The first-order valence-corrected chi connectivity index (χ1v) is 5.43. The topological polar surface area (TPSA) is 41.5 Å². The quantitative estimate of drug-likeness (QED) is 0.805. The lowest BCUT2D eigenvalue weighted by molar-refractivity contribution is -0.122. The van der Waals surface area contributed by atoms with Gasteiger partial charge in [0.25, 0.3) is 5.91 Å². The third-order valence-electron chi connectivity index (χ3n) is 2.72. The van der Waals surface area contributed by atoms with Crippen LogP contribution in [0.15, 0.2) is 29.3 Å². The van der Waals surface area contributed by atoms with Gasteiger partial charge in [0.1, 0.15) is 11.4 Å². The van der Waals surface area contributed by atoms with Gasteiger partial charge in [0.15, 0.2) is 0 Å². The van der Waals surface area contributed by atoms with Crippen molar-refractivity contribution in [2.24, 2.45) is 4.99 Å². The van der Waals surface area contributed by atoms with Crippen molar-refractivity contribution in [2.75, 3.05) is 0 Å². The molecule has 1 aromatic carbocycles. The van der Waals surface area contributed by atoms with Crippen molar-refractivity contribution in [1.82, 2.24) is 5.32 Å². The molecular weight excluding hydrogens is 200 g/mol. The van der Waals surface area contributed by atoms with Gasteiger partial charge in [-0.25, -0.2) is 0 Å². The summed E-state index contributed by atoms with van der Waals surface area (Å²) in [5, 5.41) is 2.82. The first-order valence-electron chi connectivity index (χ1n) is 5.43. The van der Waals surface area contributed by atoms with E-state index in [0.717, 1.165) is 5.84 Å². The number of amides is 1. The lowest BCUT2D eigenvalue weighted by Crippen LogP contribution is -2.34. The van der Waals surface area contributed by atoms with E-state index in [1.165, 1.54) is 11.1 Å². The molecule has 0 aromatic heterocycles. The zero-order valence-corrected chi connectivity index (χ0v) is 9.87. The molecule has 1 amide bonds. The van der Waals surface area contributed by atoms with E-state index in [1.807, 2.05) is 13.8 Å². The fraction of sp³-hybridized carbons (Fsp3) is 0.385. The zero-order chi connectivity index (χ0) is 11.8. The highest BCUT2D eigenvalue weighted by molar-refractivity contribution is 6.08. The highest BCUT2D eigenvalue weighted by atomic mass is 16.2. The predicted molar refractivity (Wildman–Crippen MR) is 64.5 cm³/mol. The fourth-order valence-electron chi connectivity index (χ4n) is 1.68. The normalized spacial score (nSPS) is 18.2. The molecule has 1 heterocycles. The lowest BCUT2D eigenvalue weighted by atomic mass is 10.1. The van der Waals surface area contributed by atoms with Crippen molar-refractivity contribution in [3.05, 3.63) is 35.4 Å². The van der Waals surface area contributed by atoms with Gasteiger partial charge in [-0.3, -0.25) is 9.79 Å². The Morgan fingerprint density at radius 2 is 1.88 bits per heavy atom. The Bertz CT molecular complexity index is 444. The molecule has 0 radical (unpaired) electrons. The molecule has 0 aliphatic carbocycles. The Kier molecular flexibility index (Phi) is 2.54. The van der Waals surface area contributed by atoms with Crippen molar-refractivity contribution in [3.8, 4) is 0 Å². The van der Waals surface area contributed by atoms with Gasteiger partial charge in [0.05, 0.1) is 0 Å². The minimum Gasteiger partial charge on any atom is -0.312 e. The van der Waals surface area contributed by atoms with Gasteiger partial charge < -0.3 is 5.32 Å². The zero-order valence-electron chi connectivity index (χ0n) is 9.87. The summed E-state index contributed by atoms with van der Waals surface area (Å²) in [5.74, 6) is 0.744. The van der Waals surface area contributed by atoms with E-state index in [0.29, 0.717) is 6.42 Å². The van der Waals surface area contributed by atoms with Gasteiger partial charge in [-0.15, -0.1) is 0 Å². The standard InChI is InChI=1S/C13H16N2O/c1-9-4-6-10(7-5-9)8-11-14-12(16)13(2,3)15-11/h4-7H,8H2,1-3H3,(H,14,15,16). The molecule has 84 valence electrons. The SMILES string of the molecule is Cc1ccc(CC2=NC(C)(C)C(=O)N2)cc1. The number of nitrogens with one attached hydrogen (secondary N) is 1. The molecule has 0 bridgehead atoms. The molecule has 0 saturated heterocycles. The molecule has 1 aliphatic heterocycles. The van der Waals surface area contributed by atoms with Crippen molar-refractivity contribution in [1.29, 1.82) is 0 Å². The van der Waals surface area contributed by atoms with Gasteiger partial charge in [0, 0.05) is 6.42 Å². The van der Waals surface area contributed by atoms with Crippen LogP contribution in [0.3, 0.4) is 0 Å². The molecule has 3 heteroatoms. The molecule has 1 N–H and O–H groups in total. The van der Waals surface area contributed by atoms with E-state index in [9.17, 15) is 4.79 Å². The first-order chi connectivity index (χ1) is 7.47. The van der Waals surface area contributed by atoms with Crippen LogP contribution in [0, 0.1) is 6.92 Å². The summed E-state index contributed by atoms with van der Waals surface area (Å²) in [4.78, 5) is 15.9. The molecule has 0 unspecified atom stereocenters. The monoisotopic (exact) mass is 216 g/mol. The van der Waals surface area contributed by atoms with E-state index in [4.69, 9.17) is 0 Å². The number of amidine groups is 1. The van der Waals surface area contributed by atoms with E-state index >= 15 is 0 Å².